The molecule has 32 heavy (non-hydrogen) atoms. The largest absolute Gasteiger partial charge is 0.478 e. The lowest BCUT2D eigenvalue weighted by Crippen LogP contribution is -2.07. The van der Waals surface area contributed by atoms with E-state index >= 15 is 0 Å². The number of aromatic carboxylic acids is 1. The second-order valence-corrected chi connectivity index (χ2v) is 8.60. The minimum absolute atomic E-state index is 0.292. The average Bonchev–Trinajstić information content (AvgIpc) is 3.26. The lowest BCUT2D eigenvalue weighted by molar-refractivity contribution is 0.0699. The monoisotopic (exact) mass is 438 g/mol. The number of para-hydroxylation sites is 1. The van der Waals surface area contributed by atoms with Gasteiger partial charge in [0.15, 0.2) is 0 Å². The number of rotatable bonds is 6. The summed E-state index contributed by atoms with van der Waals surface area (Å²) in [5.41, 5.74) is 5.71. The maximum atomic E-state index is 12.4. The Hall–Kier alpha value is -3.70. The molecule has 3 aromatic carbocycles. The molecule has 5 rings (SSSR count). The Balaban J connectivity index is 1.70. The number of benzene rings is 3. The van der Waals surface area contributed by atoms with E-state index in [1.54, 1.807) is 17.4 Å². The van der Waals surface area contributed by atoms with E-state index in [2.05, 4.69) is 35.8 Å². The van der Waals surface area contributed by atoms with Crippen molar-refractivity contribution >= 4 is 44.0 Å². The van der Waals surface area contributed by atoms with Crippen LogP contribution in [-0.2, 0) is 13.0 Å². The summed E-state index contributed by atoms with van der Waals surface area (Å²) in [6.45, 7) is 2.60. The molecule has 0 spiro atoms. The molecule has 2 aromatic heterocycles. The summed E-state index contributed by atoms with van der Waals surface area (Å²) in [5, 5.41) is 17.4. The van der Waals surface area contributed by atoms with E-state index in [-0.39, 0.29) is 0 Å². The summed E-state index contributed by atoms with van der Waals surface area (Å²) in [6.07, 6.45) is 0.781. The Morgan fingerprint density at radius 1 is 1.00 bits per heavy atom. The minimum Gasteiger partial charge on any atom is -0.478 e. The van der Waals surface area contributed by atoms with Gasteiger partial charge in [0.2, 0.25) is 0 Å². The highest BCUT2D eigenvalue weighted by Gasteiger charge is 2.19. The van der Waals surface area contributed by atoms with Gasteiger partial charge in [-0.2, -0.15) is 0 Å². The van der Waals surface area contributed by atoms with Crippen LogP contribution in [0.25, 0.3) is 32.2 Å². The fraction of sp³-hybridized carbons (Fsp3) is 0.111. The molecule has 0 saturated heterocycles. The number of thiophene rings is 1. The number of aromatic nitrogens is 1. The van der Waals surface area contributed by atoms with Gasteiger partial charge in [0.1, 0.15) is 0 Å². The second-order valence-electron chi connectivity index (χ2n) is 7.69. The van der Waals surface area contributed by atoms with Crippen LogP contribution in [0.5, 0.6) is 0 Å². The second kappa shape index (κ2) is 8.44. The van der Waals surface area contributed by atoms with Gasteiger partial charge in [-0.1, -0.05) is 55.5 Å². The molecular formula is C27H22N2O2S. The van der Waals surface area contributed by atoms with E-state index in [1.807, 2.05) is 48.5 Å². The van der Waals surface area contributed by atoms with Gasteiger partial charge in [0.25, 0.3) is 0 Å². The van der Waals surface area contributed by atoms with Gasteiger partial charge in [0.05, 0.1) is 16.8 Å². The van der Waals surface area contributed by atoms with Crippen LogP contribution in [0.15, 0.2) is 78.2 Å². The van der Waals surface area contributed by atoms with E-state index in [0.717, 1.165) is 44.4 Å². The first kappa shape index (κ1) is 20.2. The van der Waals surface area contributed by atoms with Crippen LogP contribution in [0, 0.1) is 0 Å². The molecule has 0 aliphatic rings. The molecule has 0 unspecified atom stereocenters. The smallest absolute Gasteiger partial charge is 0.336 e. The molecular weight excluding hydrogens is 416 g/mol. The average molecular weight is 439 g/mol. The van der Waals surface area contributed by atoms with Crippen molar-refractivity contribution in [3.8, 4) is 11.3 Å². The molecule has 5 heteroatoms. The molecule has 0 atom stereocenters. The molecule has 5 aromatic rings. The van der Waals surface area contributed by atoms with Gasteiger partial charge >= 0.3 is 5.97 Å². The first-order chi connectivity index (χ1) is 15.7. The third kappa shape index (κ3) is 3.61. The molecule has 4 nitrogen and oxygen atoms in total. The number of pyridine rings is 1. The Bertz CT molecular complexity index is 1440. The summed E-state index contributed by atoms with van der Waals surface area (Å²) in [4.78, 5) is 17.4. The van der Waals surface area contributed by atoms with E-state index < -0.39 is 5.97 Å². The fourth-order valence-corrected chi connectivity index (χ4v) is 5.09. The lowest BCUT2D eigenvalue weighted by Gasteiger charge is -2.15. The number of nitrogens with one attached hydrogen (secondary N) is 1. The van der Waals surface area contributed by atoms with E-state index in [0.29, 0.717) is 23.2 Å². The molecule has 0 fully saturated rings. The van der Waals surface area contributed by atoms with Crippen molar-refractivity contribution < 1.29 is 9.90 Å². The zero-order chi connectivity index (χ0) is 22.1. The Morgan fingerprint density at radius 3 is 2.53 bits per heavy atom. The molecule has 158 valence electrons. The summed E-state index contributed by atoms with van der Waals surface area (Å²) >= 11 is 1.65. The maximum absolute atomic E-state index is 12.4. The number of carboxylic acids is 1. The highest BCUT2D eigenvalue weighted by atomic mass is 32.1. The molecule has 0 aliphatic carbocycles. The summed E-state index contributed by atoms with van der Waals surface area (Å²) in [7, 11) is 0. The number of anilines is 1. The summed E-state index contributed by atoms with van der Waals surface area (Å²) in [5.74, 6) is -0.938. The van der Waals surface area contributed by atoms with Crippen molar-refractivity contribution in [2.75, 3.05) is 5.32 Å². The van der Waals surface area contributed by atoms with Crippen molar-refractivity contribution in [3.05, 3.63) is 94.9 Å². The van der Waals surface area contributed by atoms with Crippen molar-refractivity contribution in [2.24, 2.45) is 0 Å². The molecule has 0 amide bonds. The van der Waals surface area contributed by atoms with Gasteiger partial charge in [0, 0.05) is 38.6 Å². The van der Waals surface area contributed by atoms with Gasteiger partial charge in [-0.15, -0.1) is 11.3 Å². The van der Waals surface area contributed by atoms with Gasteiger partial charge in [-0.25, -0.2) is 9.78 Å². The molecule has 0 bridgehead atoms. The highest BCUT2D eigenvalue weighted by molar-refractivity contribution is 7.17. The SMILES string of the molecule is CCc1ccc(CNc2ccccc2)c2c(C(=O)O)cc(-c3csc4ccccc34)nc12. The normalized spacial score (nSPS) is 11.2. The summed E-state index contributed by atoms with van der Waals surface area (Å²) < 4.78 is 1.16. The fourth-order valence-electron chi connectivity index (χ4n) is 4.13. The number of hydrogen-bond donors (Lipinski definition) is 2. The number of hydrogen-bond acceptors (Lipinski definition) is 4. The molecule has 2 N–H and O–H groups in total. The third-order valence-electron chi connectivity index (χ3n) is 5.76. The Morgan fingerprint density at radius 2 is 1.75 bits per heavy atom. The highest BCUT2D eigenvalue weighted by Crippen LogP contribution is 2.36. The number of carboxylic acid groups (broad SMARTS) is 1. The predicted octanol–water partition coefficient (Wildman–Crippen LogP) is 6.99. The number of aryl methyl sites for hydroxylation is 1. The molecule has 0 aliphatic heterocycles. The van der Waals surface area contributed by atoms with Crippen LogP contribution in [0.4, 0.5) is 5.69 Å². The van der Waals surface area contributed by atoms with Crippen molar-refractivity contribution in [1.29, 1.82) is 0 Å². The van der Waals surface area contributed by atoms with E-state index in [9.17, 15) is 9.90 Å². The van der Waals surface area contributed by atoms with Gasteiger partial charge in [-0.3, -0.25) is 0 Å². The standard InChI is InChI=1S/C27H22N2O2S/c1-2-17-12-13-18(15-28-19-8-4-3-5-9-19)25-21(27(30)31)14-23(29-26(17)25)22-16-32-24-11-7-6-10-20(22)24/h3-14,16,28H,2,15H2,1H3,(H,30,31). The van der Waals surface area contributed by atoms with Crippen LogP contribution in [0.3, 0.4) is 0 Å². The zero-order valence-corrected chi connectivity index (χ0v) is 18.4. The Kier molecular flexibility index (Phi) is 5.33. The van der Waals surface area contributed by atoms with Gasteiger partial charge < -0.3 is 10.4 Å². The van der Waals surface area contributed by atoms with E-state index in [1.165, 1.54) is 0 Å². The first-order valence-corrected chi connectivity index (χ1v) is 11.5. The van der Waals surface area contributed by atoms with Crippen molar-refractivity contribution in [1.82, 2.24) is 4.98 Å². The van der Waals surface area contributed by atoms with Crippen LogP contribution in [0.2, 0.25) is 0 Å². The number of nitrogens with zero attached hydrogens (tertiary/aromatic N) is 1. The lowest BCUT2D eigenvalue weighted by atomic mass is 9.96. The Labute approximate surface area is 190 Å². The first-order valence-electron chi connectivity index (χ1n) is 10.6. The van der Waals surface area contributed by atoms with Crippen molar-refractivity contribution in [2.45, 2.75) is 19.9 Å². The third-order valence-corrected chi connectivity index (χ3v) is 6.72. The molecule has 0 radical (unpaired) electrons. The summed E-state index contributed by atoms with van der Waals surface area (Å²) in [6, 6.07) is 23.9. The predicted molar refractivity (Wildman–Crippen MR) is 133 cm³/mol. The van der Waals surface area contributed by atoms with Crippen LogP contribution in [-0.4, -0.2) is 16.1 Å². The zero-order valence-electron chi connectivity index (χ0n) is 17.6. The van der Waals surface area contributed by atoms with Crippen molar-refractivity contribution in [3.63, 3.8) is 0 Å². The van der Waals surface area contributed by atoms with Crippen LogP contribution in [0.1, 0.15) is 28.4 Å². The maximum Gasteiger partial charge on any atom is 0.336 e. The van der Waals surface area contributed by atoms with Crippen LogP contribution < -0.4 is 5.32 Å². The quantitative estimate of drug-likeness (QED) is 0.300. The molecule has 0 saturated carbocycles. The van der Waals surface area contributed by atoms with Crippen LogP contribution >= 0.6 is 11.3 Å². The number of fused-ring (bicyclic) bond motifs is 2. The molecule has 2 heterocycles. The van der Waals surface area contributed by atoms with Gasteiger partial charge in [-0.05, 0) is 41.8 Å². The topological polar surface area (TPSA) is 62.2 Å². The number of carbonyl (C=O) groups is 1. The minimum atomic E-state index is -0.938. The van der Waals surface area contributed by atoms with E-state index in [4.69, 9.17) is 4.98 Å².